The van der Waals surface area contributed by atoms with Gasteiger partial charge in [0.15, 0.2) is 0 Å². The number of halogens is 1. The highest BCUT2D eigenvalue weighted by Crippen LogP contribution is 2.32. The number of hydrogen-bond donors (Lipinski definition) is 2. The second kappa shape index (κ2) is 6.06. The number of nitrogens with two attached hydrogens (primary N) is 1. The number of rotatable bonds is 4. The van der Waals surface area contributed by atoms with Crippen molar-refractivity contribution in [1.82, 2.24) is 0 Å². The van der Waals surface area contributed by atoms with E-state index in [0.717, 1.165) is 16.1 Å². The third-order valence-corrected chi connectivity index (χ3v) is 3.71. The molecular weight excluding hydrogens is 288 g/mol. The lowest BCUT2D eigenvalue weighted by atomic mass is 10.1. The normalized spacial score (nSPS) is 10.3. The van der Waals surface area contributed by atoms with Crippen molar-refractivity contribution in [3.63, 3.8) is 0 Å². The fraction of sp³-hybridized carbons (Fsp3) is 0.188. The van der Waals surface area contributed by atoms with Gasteiger partial charge < -0.3 is 15.2 Å². The first-order valence-corrected chi connectivity index (χ1v) is 6.77. The molecule has 21 heavy (non-hydrogen) atoms. The van der Waals surface area contributed by atoms with E-state index in [0.29, 0.717) is 22.8 Å². The van der Waals surface area contributed by atoms with Gasteiger partial charge >= 0.3 is 0 Å². The van der Waals surface area contributed by atoms with Gasteiger partial charge in [0.2, 0.25) is 0 Å². The summed E-state index contributed by atoms with van der Waals surface area (Å²) < 4.78 is 11.1. The van der Waals surface area contributed by atoms with Gasteiger partial charge in [0, 0.05) is 11.1 Å². The summed E-state index contributed by atoms with van der Waals surface area (Å²) in [5, 5.41) is 8.35. The Labute approximate surface area is 129 Å². The maximum absolute atomic E-state index is 7.62. The smallest absolute Gasteiger partial charge is 0.142 e. The maximum Gasteiger partial charge on any atom is 0.142 e. The van der Waals surface area contributed by atoms with Crippen molar-refractivity contribution in [3.05, 3.63) is 52.0 Å². The first-order chi connectivity index (χ1) is 9.92. The molecule has 0 amide bonds. The molecule has 3 N–H and O–H groups in total. The number of nitrogens with one attached hydrogen (secondary N) is 1. The molecule has 2 aromatic carbocycles. The van der Waals surface area contributed by atoms with Crippen LogP contribution < -0.4 is 15.2 Å². The highest BCUT2D eigenvalue weighted by Gasteiger charge is 2.11. The molecule has 2 aromatic rings. The predicted molar refractivity (Wildman–Crippen MR) is 85.0 cm³/mol. The van der Waals surface area contributed by atoms with Crippen molar-refractivity contribution in [2.45, 2.75) is 13.8 Å². The van der Waals surface area contributed by atoms with Crippen molar-refractivity contribution < 1.29 is 9.47 Å². The van der Waals surface area contributed by atoms with Crippen LogP contribution in [0.3, 0.4) is 0 Å². The molecule has 4 nitrogen and oxygen atoms in total. The molecule has 5 heteroatoms. The van der Waals surface area contributed by atoms with Gasteiger partial charge in [0.25, 0.3) is 0 Å². The summed E-state index contributed by atoms with van der Waals surface area (Å²) in [6, 6.07) is 8.83. The van der Waals surface area contributed by atoms with Crippen molar-refractivity contribution in [2.24, 2.45) is 5.73 Å². The van der Waals surface area contributed by atoms with E-state index in [1.165, 1.54) is 0 Å². The van der Waals surface area contributed by atoms with Crippen molar-refractivity contribution in [2.75, 3.05) is 7.11 Å². The molecular formula is C16H17ClN2O2. The summed E-state index contributed by atoms with van der Waals surface area (Å²) in [5.74, 6) is 1.69. The zero-order valence-electron chi connectivity index (χ0n) is 12.2. The first kappa shape index (κ1) is 15.2. The van der Waals surface area contributed by atoms with E-state index in [2.05, 4.69) is 0 Å². The Bertz CT molecular complexity index is 676. The van der Waals surface area contributed by atoms with E-state index in [4.69, 9.17) is 32.2 Å². The standard InChI is InChI=1S/C16H17ClN2O2/c1-9-6-12(7-10(2)15(9)17)21-14-8-11(20-3)4-5-13(14)16(18)19/h4-8H,1-3H3,(H3,18,19). The summed E-state index contributed by atoms with van der Waals surface area (Å²) in [7, 11) is 1.57. The number of aryl methyl sites for hydroxylation is 2. The van der Waals surface area contributed by atoms with Crippen LogP contribution in [0.2, 0.25) is 5.02 Å². The lowest BCUT2D eigenvalue weighted by Gasteiger charge is -2.13. The van der Waals surface area contributed by atoms with Crippen molar-refractivity contribution in [1.29, 1.82) is 5.41 Å². The van der Waals surface area contributed by atoms with Gasteiger partial charge in [-0.2, -0.15) is 0 Å². The molecule has 2 rings (SSSR count). The topological polar surface area (TPSA) is 68.3 Å². The van der Waals surface area contributed by atoms with Crippen LogP contribution in [0.5, 0.6) is 17.2 Å². The van der Waals surface area contributed by atoms with E-state index in [1.54, 1.807) is 25.3 Å². The molecule has 0 unspecified atom stereocenters. The average Bonchev–Trinajstić information content (AvgIpc) is 2.44. The van der Waals surface area contributed by atoms with Crippen molar-refractivity contribution >= 4 is 17.4 Å². The molecule has 110 valence electrons. The summed E-state index contributed by atoms with van der Waals surface area (Å²) >= 11 is 6.15. The third kappa shape index (κ3) is 3.28. The lowest BCUT2D eigenvalue weighted by molar-refractivity contribution is 0.409. The Morgan fingerprint density at radius 2 is 1.71 bits per heavy atom. The maximum atomic E-state index is 7.62. The second-order valence-electron chi connectivity index (χ2n) is 4.75. The Balaban J connectivity index is 2.45. The summed E-state index contributed by atoms with van der Waals surface area (Å²) in [6.45, 7) is 3.83. The lowest BCUT2D eigenvalue weighted by Crippen LogP contribution is -2.12. The largest absolute Gasteiger partial charge is 0.497 e. The Morgan fingerprint density at radius 1 is 1.10 bits per heavy atom. The highest BCUT2D eigenvalue weighted by molar-refractivity contribution is 6.32. The van der Waals surface area contributed by atoms with Crippen LogP contribution >= 0.6 is 11.6 Å². The van der Waals surface area contributed by atoms with Gasteiger partial charge in [-0.25, -0.2) is 0 Å². The summed E-state index contributed by atoms with van der Waals surface area (Å²) in [5.41, 5.74) is 7.96. The molecule has 0 radical (unpaired) electrons. The van der Waals surface area contributed by atoms with Crippen LogP contribution in [0.15, 0.2) is 30.3 Å². The Kier molecular flexibility index (Phi) is 4.38. The van der Waals surface area contributed by atoms with Crippen LogP contribution in [0.1, 0.15) is 16.7 Å². The molecule has 0 spiro atoms. The Hall–Kier alpha value is -2.20. The van der Waals surface area contributed by atoms with Crippen LogP contribution in [0, 0.1) is 19.3 Å². The number of amidine groups is 1. The van der Waals surface area contributed by atoms with Crippen LogP contribution in [0.25, 0.3) is 0 Å². The number of nitrogen functional groups attached to an aromatic ring is 1. The number of hydrogen-bond acceptors (Lipinski definition) is 3. The van der Waals surface area contributed by atoms with E-state index >= 15 is 0 Å². The van der Waals surface area contributed by atoms with E-state index in [1.807, 2.05) is 26.0 Å². The quantitative estimate of drug-likeness (QED) is 0.661. The SMILES string of the molecule is COc1ccc(C(=N)N)c(Oc2cc(C)c(Cl)c(C)c2)c1. The predicted octanol–water partition coefficient (Wildman–Crippen LogP) is 4.04. The number of methoxy groups -OCH3 is 1. The van der Waals surface area contributed by atoms with Gasteiger partial charge in [-0.15, -0.1) is 0 Å². The van der Waals surface area contributed by atoms with Gasteiger partial charge in [0.05, 0.1) is 12.7 Å². The van der Waals surface area contributed by atoms with Crippen LogP contribution in [-0.2, 0) is 0 Å². The first-order valence-electron chi connectivity index (χ1n) is 6.39. The van der Waals surface area contributed by atoms with Gasteiger partial charge in [-0.05, 0) is 49.2 Å². The minimum Gasteiger partial charge on any atom is -0.497 e. The van der Waals surface area contributed by atoms with Crippen molar-refractivity contribution in [3.8, 4) is 17.2 Å². The molecule has 0 heterocycles. The average molecular weight is 305 g/mol. The van der Waals surface area contributed by atoms with E-state index in [-0.39, 0.29) is 5.84 Å². The molecule has 0 aromatic heterocycles. The fourth-order valence-electron chi connectivity index (χ4n) is 2.03. The van der Waals surface area contributed by atoms with E-state index in [9.17, 15) is 0 Å². The van der Waals surface area contributed by atoms with Crippen LogP contribution in [0.4, 0.5) is 0 Å². The van der Waals surface area contributed by atoms with Gasteiger partial charge in [-0.3, -0.25) is 5.41 Å². The molecule has 0 aliphatic carbocycles. The molecule has 0 atom stereocenters. The molecule has 0 fully saturated rings. The summed E-state index contributed by atoms with van der Waals surface area (Å²) in [6.07, 6.45) is 0. The molecule has 0 aliphatic heterocycles. The second-order valence-corrected chi connectivity index (χ2v) is 5.13. The monoisotopic (exact) mass is 304 g/mol. The van der Waals surface area contributed by atoms with Gasteiger partial charge in [-0.1, -0.05) is 11.6 Å². The molecule has 0 aliphatic rings. The highest BCUT2D eigenvalue weighted by atomic mass is 35.5. The summed E-state index contributed by atoms with van der Waals surface area (Å²) in [4.78, 5) is 0. The fourth-order valence-corrected chi connectivity index (χ4v) is 2.14. The minimum absolute atomic E-state index is 0.0601. The third-order valence-electron chi connectivity index (χ3n) is 3.12. The molecule has 0 saturated heterocycles. The zero-order valence-corrected chi connectivity index (χ0v) is 12.9. The van der Waals surface area contributed by atoms with E-state index < -0.39 is 0 Å². The van der Waals surface area contributed by atoms with Crippen LogP contribution in [-0.4, -0.2) is 12.9 Å². The molecule has 0 bridgehead atoms. The molecule has 0 saturated carbocycles. The zero-order chi connectivity index (χ0) is 15.6. The minimum atomic E-state index is -0.0601. The number of ether oxygens (including phenoxy) is 2. The Morgan fingerprint density at radius 3 is 2.24 bits per heavy atom. The number of benzene rings is 2. The van der Waals surface area contributed by atoms with Gasteiger partial charge in [0.1, 0.15) is 23.1 Å².